The van der Waals surface area contributed by atoms with E-state index in [0.717, 1.165) is 0 Å². The van der Waals surface area contributed by atoms with Gasteiger partial charge < -0.3 is 14.6 Å². The zero-order chi connectivity index (χ0) is 9.19. The highest BCUT2D eigenvalue weighted by Crippen LogP contribution is 2.23. The molecule has 1 saturated heterocycles. The molecule has 1 aliphatic heterocycles. The van der Waals surface area contributed by atoms with Crippen LogP contribution >= 0.6 is 0 Å². The summed E-state index contributed by atoms with van der Waals surface area (Å²) in [7, 11) is 3.02. The van der Waals surface area contributed by atoms with Crippen LogP contribution in [0.15, 0.2) is 0 Å². The summed E-state index contributed by atoms with van der Waals surface area (Å²) >= 11 is 0. The summed E-state index contributed by atoms with van der Waals surface area (Å²) in [4.78, 5) is 10.5. The van der Waals surface area contributed by atoms with Gasteiger partial charge in [0.2, 0.25) is 0 Å². The quantitative estimate of drug-likeness (QED) is 0.562. The van der Waals surface area contributed by atoms with Crippen molar-refractivity contribution in [1.82, 2.24) is 5.32 Å². The van der Waals surface area contributed by atoms with E-state index in [1.165, 1.54) is 14.2 Å². The zero-order valence-electron chi connectivity index (χ0n) is 7.16. The summed E-state index contributed by atoms with van der Waals surface area (Å²) in [5.41, 5.74) is 0. The Labute approximate surface area is 70.7 Å². The van der Waals surface area contributed by atoms with Crippen LogP contribution in [0.2, 0.25) is 0 Å². The topological polar surface area (TPSA) is 67.8 Å². The second-order valence-electron chi connectivity index (χ2n) is 2.79. The molecule has 0 aromatic carbocycles. The highest BCUT2D eigenvalue weighted by atomic mass is 16.7. The van der Waals surface area contributed by atoms with Crippen LogP contribution in [0.3, 0.4) is 0 Å². The molecule has 2 N–H and O–H groups in total. The van der Waals surface area contributed by atoms with Gasteiger partial charge in [-0.3, -0.25) is 10.1 Å². The second-order valence-corrected chi connectivity index (χ2v) is 2.79. The number of carboxylic acids is 1. The van der Waals surface area contributed by atoms with Gasteiger partial charge in [-0.15, -0.1) is 0 Å². The number of ether oxygens (including phenoxy) is 2. The summed E-state index contributed by atoms with van der Waals surface area (Å²) < 4.78 is 10.2. The molecule has 5 nitrogen and oxygen atoms in total. The van der Waals surface area contributed by atoms with Crippen LogP contribution < -0.4 is 5.32 Å². The molecule has 5 heteroatoms. The number of hydrogen-bond donors (Lipinski definition) is 2. The summed E-state index contributed by atoms with van der Waals surface area (Å²) in [5.74, 6) is -1.63. The molecular weight excluding hydrogens is 162 g/mol. The fourth-order valence-corrected chi connectivity index (χ4v) is 1.30. The molecule has 1 rings (SSSR count). The van der Waals surface area contributed by atoms with Crippen LogP contribution in [0, 0.1) is 0 Å². The van der Waals surface area contributed by atoms with Crippen molar-refractivity contribution in [2.45, 2.75) is 18.2 Å². The molecule has 0 unspecified atom stereocenters. The average Bonchev–Trinajstić information content (AvgIpc) is 2.49. The molecule has 0 bridgehead atoms. The van der Waals surface area contributed by atoms with Crippen molar-refractivity contribution in [1.29, 1.82) is 0 Å². The van der Waals surface area contributed by atoms with Crippen LogP contribution in [0.4, 0.5) is 0 Å². The molecule has 1 fully saturated rings. The molecule has 70 valence electrons. The normalized spacial score (nSPS) is 27.3. The van der Waals surface area contributed by atoms with Crippen molar-refractivity contribution in [3.05, 3.63) is 0 Å². The fourth-order valence-electron chi connectivity index (χ4n) is 1.30. The third-order valence-electron chi connectivity index (χ3n) is 2.18. The number of aliphatic carboxylic acids is 1. The molecule has 0 saturated carbocycles. The number of nitrogens with one attached hydrogen (secondary N) is 1. The van der Waals surface area contributed by atoms with E-state index in [0.29, 0.717) is 13.0 Å². The maximum absolute atomic E-state index is 10.5. The van der Waals surface area contributed by atoms with Crippen LogP contribution in [0.1, 0.15) is 6.42 Å². The van der Waals surface area contributed by atoms with Crippen LogP contribution in [-0.2, 0) is 14.3 Å². The molecule has 1 heterocycles. The molecule has 0 aromatic rings. The largest absolute Gasteiger partial charge is 0.480 e. The van der Waals surface area contributed by atoms with Gasteiger partial charge in [0.15, 0.2) is 5.79 Å². The lowest BCUT2D eigenvalue weighted by atomic mass is 10.1. The Bertz CT molecular complexity index is 178. The Balaban J connectivity index is 2.58. The van der Waals surface area contributed by atoms with E-state index >= 15 is 0 Å². The monoisotopic (exact) mass is 175 g/mol. The van der Waals surface area contributed by atoms with E-state index in [2.05, 4.69) is 5.32 Å². The third kappa shape index (κ3) is 1.57. The minimum Gasteiger partial charge on any atom is -0.480 e. The lowest BCUT2D eigenvalue weighted by Crippen LogP contribution is -2.35. The number of rotatable bonds is 3. The molecule has 0 spiro atoms. The molecule has 0 aliphatic carbocycles. The van der Waals surface area contributed by atoms with Gasteiger partial charge in [0.25, 0.3) is 0 Å². The van der Waals surface area contributed by atoms with Gasteiger partial charge in [-0.2, -0.15) is 0 Å². The minimum absolute atomic E-state index is 0.343. The first-order valence-electron chi connectivity index (χ1n) is 3.70. The van der Waals surface area contributed by atoms with Crippen LogP contribution in [0.5, 0.6) is 0 Å². The Morgan fingerprint density at radius 1 is 1.58 bits per heavy atom. The number of hydrogen-bond acceptors (Lipinski definition) is 4. The van der Waals surface area contributed by atoms with Gasteiger partial charge >= 0.3 is 5.97 Å². The van der Waals surface area contributed by atoms with E-state index in [9.17, 15) is 4.79 Å². The maximum Gasteiger partial charge on any atom is 0.320 e. The average molecular weight is 175 g/mol. The Kier molecular flexibility index (Phi) is 2.66. The van der Waals surface area contributed by atoms with Gasteiger partial charge in [-0.05, 0) is 0 Å². The third-order valence-corrected chi connectivity index (χ3v) is 2.18. The molecule has 0 radical (unpaired) electrons. The SMILES string of the molecule is COC1(OC)CN[C@@H](C(=O)O)C1. The highest BCUT2D eigenvalue weighted by Gasteiger charge is 2.42. The van der Waals surface area contributed by atoms with E-state index in [1.54, 1.807) is 0 Å². The smallest absolute Gasteiger partial charge is 0.320 e. The van der Waals surface area contributed by atoms with Gasteiger partial charge in [0, 0.05) is 20.6 Å². The van der Waals surface area contributed by atoms with Gasteiger partial charge in [-0.1, -0.05) is 0 Å². The van der Waals surface area contributed by atoms with E-state index in [1.807, 2.05) is 0 Å². The molecule has 1 aliphatic rings. The van der Waals surface area contributed by atoms with E-state index in [-0.39, 0.29) is 0 Å². The first kappa shape index (κ1) is 9.44. The van der Waals surface area contributed by atoms with Crippen LogP contribution in [0.25, 0.3) is 0 Å². The van der Waals surface area contributed by atoms with E-state index < -0.39 is 17.8 Å². The highest BCUT2D eigenvalue weighted by molar-refractivity contribution is 5.74. The predicted molar refractivity (Wildman–Crippen MR) is 40.8 cm³/mol. The number of carbonyl (C=O) groups is 1. The van der Waals surface area contributed by atoms with E-state index in [4.69, 9.17) is 14.6 Å². The van der Waals surface area contributed by atoms with Crippen molar-refractivity contribution in [2.24, 2.45) is 0 Å². The summed E-state index contributed by atoms with van der Waals surface area (Å²) in [6.45, 7) is 0.414. The first-order chi connectivity index (χ1) is 5.63. The Hall–Kier alpha value is -0.650. The van der Waals surface area contributed by atoms with Crippen molar-refractivity contribution < 1.29 is 19.4 Å². The summed E-state index contributed by atoms with van der Waals surface area (Å²) in [6, 6.07) is -0.565. The van der Waals surface area contributed by atoms with Gasteiger partial charge in [-0.25, -0.2) is 0 Å². The van der Waals surface area contributed by atoms with Gasteiger partial charge in [0.1, 0.15) is 6.04 Å². The first-order valence-corrected chi connectivity index (χ1v) is 3.70. The lowest BCUT2D eigenvalue weighted by Gasteiger charge is -2.24. The molecule has 0 aromatic heterocycles. The fraction of sp³-hybridized carbons (Fsp3) is 0.857. The molecule has 1 atom stereocenters. The van der Waals surface area contributed by atoms with Crippen molar-refractivity contribution in [3.63, 3.8) is 0 Å². The maximum atomic E-state index is 10.5. The summed E-state index contributed by atoms with van der Waals surface area (Å²) in [6.07, 6.45) is 0.343. The van der Waals surface area contributed by atoms with Crippen molar-refractivity contribution in [3.8, 4) is 0 Å². The van der Waals surface area contributed by atoms with Crippen LogP contribution in [-0.4, -0.2) is 43.7 Å². The lowest BCUT2D eigenvalue weighted by molar-refractivity contribution is -0.193. The molecule has 12 heavy (non-hydrogen) atoms. The number of carboxylic acid groups (broad SMARTS) is 1. The Morgan fingerprint density at radius 3 is 2.42 bits per heavy atom. The molecular formula is C7H13NO4. The van der Waals surface area contributed by atoms with Crippen molar-refractivity contribution >= 4 is 5.97 Å². The van der Waals surface area contributed by atoms with Crippen molar-refractivity contribution in [2.75, 3.05) is 20.8 Å². The predicted octanol–water partition coefficient (Wildman–Crippen LogP) is -0.578. The Morgan fingerprint density at radius 2 is 2.17 bits per heavy atom. The summed E-state index contributed by atoms with van der Waals surface area (Å²) in [5, 5.41) is 11.5. The number of methoxy groups -OCH3 is 2. The zero-order valence-corrected chi connectivity index (χ0v) is 7.16. The standard InChI is InChI=1S/C7H13NO4/c1-11-7(12-2)3-5(6(9)10)8-4-7/h5,8H,3-4H2,1-2H3,(H,9,10)/t5-/m1/s1. The second kappa shape index (κ2) is 3.38. The van der Waals surface area contributed by atoms with Gasteiger partial charge in [0.05, 0.1) is 6.54 Å². The molecule has 0 amide bonds. The minimum atomic E-state index is -0.869.